The zero-order valence-corrected chi connectivity index (χ0v) is 21.1. The number of para-hydroxylation sites is 4. The van der Waals surface area contributed by atoms with Gasteiger partial charge in [-0.3, -0.25) is 0 Å². The second kappa shape index (κ2) is 12.0. The lowest BCUT2D eigenvalue weighted by atomic mass is 10.0. The summed E-state index contributed by atoms with van der Waals surface area (Å²) < 4.78 is 0. The van der Waals surface area contributed by atoms with Gasteiger partial charge in [-0.05, 0) is 83.9 Å². The highest BCUT2D eigenvalue weighted by molar-refractivity contribution is 5.80. The fourth-order valence-electron chi connectivity index (χ4n) is 4.81. The number of benzene rings is 6. The Kier molecular flexibility index (Phi) is 7.85. The third-order valence-electron chi connectivity index (χ3n) is 6.64. The summed E-state index contributed by atoms with van der Waals surface area (Å²) in [4.78, 5) is 4.56. The van der Waals surface area contributed by atoms with Gasteiger partial charge < -0.3 is 9.80 Å². The van der Waals surface area contributed by atoms with Gasteiger partial charge in [0.05, 0.1) is 0 Å². The molecule has 0 aromatic heterocycles. The first kappa shape index (κ1) is 25.6. The molecule has 0 unspecified atom stereocenters. The van der Waals surface area contributed by atoms with Gasteiger partial charge in [-0.2, -0.15) is 0 Å². The summed E-state index contributed by atoms with van der Waals surface area (Å²) in [6.45, 7) is 0. The minimum atomic E-state index is 0. The van der Waals surface area contributed by atoms with Gasteiger partial charge in [0.25, 0.3) is 0 Å². The molecule has 0 radical (unpaired) electrons. The van der Waals surface area contributed by atoms with Gasteiger partial charge in [0.15, 0.2) is 0 Å². The molecule has 0 saturated carbocycles. The van der Waals surface area contributed by atoms with Gasteiger partial charge in [-0.25, -0.2) is 0 Å². The molecular formula is C37H32N2. The zero-order valence-electron chi connectivity index (χ0n) is 21.1. The summed E-state index contributed by atoms with van der Waals surface area (Å²) in [5, 5.41) is 0. The van der Waals surface area contributed by atoms with Crippen LogP contribution in [0.2, 0.25) is 0 Å². The molecule has 6 aromatic carbocycles. The molecule has 0 bridgehead atoms. The lowest BCUT2D eigenvalue weighted by molar-refractivity contribution is 1.28. The molecular weight excluding hydrogens is 472 g/mol. The van der Waals surface area contributed by atoms with Crippen LogP contribution in [0.4, 0.5) is 34.1 Å². The predicted octanol–water partition coefficient (Wildman–Crippen LogP) is 10.9. The fraction of sp³-hybridized carbons (Fsp3) is 0.0270. The maximum Gasteiger partial charge on any atom is 0.0462 e. The van der Waals surface area contributed by atoms with Crippen LogP contribution in [0.3, 0.4) is 0 Å². The van der Waals surface area contributed by atoms with E-state index in [2.05, 4.69) is 180 Å². The maximum atomic E-state index is 2.28. The van der Waals surface area contributed by atoms with E-state index in [4.69, 9.17) is 0 Å². The van der Waals surface area contributed by atoms with Gasteiger partial charge in [-0.15, -0.1) is 0 Å². The van der Waals surface area contributed by atoms with E-state index in [0.29, 0.717) is 0 Å². The third kappa shape index (κ3) is 5.61. The van der Waals surface area contributed by atoms with Crippen LogP contribution >= 0.6 is 0 Å². The monoisotopic (exact) mass is 504 g/mol. The van der Waals surface area contributed by atoms with Crippen LogP contribution in [0, 0.1) is 0 Å². The van der Waals surface area contributed by atoms with E-state index in [9.17, 15) is 0 Å². The largest absolute Gasteiger partial charge is 0.311 e. The normalized spacial score (nSPS) is 10.4. The van der Waals surface area contributed by atoms with Crippen LogP contribution in [-0.2, 0) is 0 Å². The Morgan fingerprint density at radius 1 is 0.231 bits per heavy atom. The van der Waals surface area contributed by atoms with Crippen molar-refractivity contribution < 1.29 is 0 Å². The summed E-state index contributed by atoms with van der Waals surface area (Å²) in [6.07, 6.45) is 0. The molecule has 6 aromatic rings. The van der Waals surface area contributed by atoms with Crippen molar-refractivity contribution in [1.82, 2.24) is 0 Å². The summed E-state index contributed by atoms with van der Waals surface area (Å²) in [5.41, 5.74) is 9.18. The molecule has 0 heterocycles. The van der Waals surface area contributed by atoms with E-state index in [0.717, 1.165) is 34.1 Å². The molecule has 190 valence electrons. The minimum absolute atomic E-state index is 0. The van der Waals surface area contributed by atoms with E-state index in [-0.39, 0.29) is 7.43 Å². The smallest absolute Gasteiger partial charge is 0.0462 e. The van der Waals surface area contributed by atoms with Gasteiger partial charge in [0.2, 0.25) is 0 Å². The van der Waals surface area contributed by atoms with Gasteiger partial charge >= 0.3 is 0 Å². The fourth-order valence-corrected chi connectivity index (χ4v) is 4.81. The highest BCUT2D eigenvalue weighted by Crippen LogP contribution is 2.37. The van der Waals surface area contributed by atoms with Crippen LogP contribution in [0.5, 0.6) is 0 Å². The van der Waals surface area contributed by atoms with Crippen molar-refractivity contribution in [3.63, 3.8) is 0 Å². The Morgan fingerprint density at radius 2 is 0.436 bits per heavy atom. The lowest BCUT2D eigenvalue weighted by Crippen LogP contribution is -2.09. The minimum Gasteiger partial charge on any atom is -0.311 e. The van der Waals surface area contributed by atoms with Crippen molar-refractivity contribution in [2.45, 2.75) is 7.43 Å². The topological polar surface area (TPSA) is 6.48 Å². The number of rotatable bonds is 7. The van der Waals surface area contributed by atoms with Gasteiger partial charge in [0.1, 0.15) is 0 Å². The molecule has 0 spiro atoms. The molecule has 0 atom stereocenters. The number of nitrogens with zero attached hydrogens (tertiary/aromatic N) is 2. The van der Waals surface area contributed by atoms with Crippen LogP contribution in [0.1, 0.15) is 7.43 Å². The van der Waals surface area contributed by atoms with Gasteiger partial charge in [0, 0.05) is 34.1 Å². The van der Waals surface area contributed by atoms with Crippen LogP contribution in [0.25, 0.3) is 11.1 Å². The van der Waals surface area contributed by atoms with Crippen LogP contribution in [0.15, 0.2) is 170 Å². The molecule has 2 heteroatoms. The first-order chi connectivity index (χ1) is 18.9. The number of hydrogen-bond acceptors (Lipinski definition) is 2. The first-order valence-electron chi connectivity index (χ1n) is 12.9. The van der Waals surface area contributed by atoms with Crippen LogP contribution in [-0.4, -0.2) is 0 Å². The Morgan fingerprint density at radius 3 is 0.667 bits per heavy atom. The van der Waals surface area contributed by atoms with Crippen molar-refractivity contribution in [3.05, 3.63) is 170 Å². The van der Waals surface area contributed by atoms with Crippen molar-refractivity contribution >= 4 is 34.1 Å². The Labute approximate surface area is 232 Å². The molecule has 6 rings (SSSR count). The predicted molar refractivity (Wildman–Crippen MR) is 168 cm³/mol. The molecule has 2 nitrogen and oxygen atoms in total. The Balaban J connectivity index is 0.00000308. The molecule has 0 fully saturated rings. The van der Waals surface area contributed by atoms with Crippen LogP contribution < -0.4 is 9.80 Å². The summed E-state index contributed by atoms with van der Waals surface area (Å²) >= 11 is 0. The third-order valence-corrected chi connectivity index (χ3v) is 6.64. The van der Waals surface area contributed by atoms with Crippen molar-refractivity contribution in [2.75, 3.05) is 9.80 Å². The summed E-state index contributed by atoms with van der Waals surface area (Å²) in [7, 11) is 0. The molecule has 0 amide bonds. The molecule has 0 saturated heterocycles. The van der Waals surface area contributed by atoms with E-state index in [1.807, 2.05) is 0 Å². The van der Waals surface area contributed by atoms with E-state index < -0.39 is 0 Å². The molecule has 0 aliphatic carbocycles. The Hall–Kier alpha value is -5.08. The lowest BCUT2D eigenvalue weighted by Gasteiger charge is -2.26. The van der Waals surface area contributed by atoms with E-state index in [1.165, 1.54) is 11.1 Å². The second-order valence-electron chi connectivity index (χ2n) is 9.11. The van der Waals surface area contributed by atoms with Gasteiger partial charge in [-0.1, -0.05) is 104 Å². The molecule has 39 heavy (non-hydrogen) atoms. The number of anilines is 6. The van der Waals surface area contributed by atoms with Crippen molar-refractivity contribution in [3.8, 4) is 11.1 Å². The summed E-state index contributed by atoms with van der Waals surface area (Å²) in [5.74, 6) is 0. The first-order valence-corrected chi connectivity index (χ1v) is 12.9. The van der Waals surface area contributed by atoms with Crippen molar-refractivity contribution in [2.24, 2.45) is 0 Å². The van der Waals surface area contributed by atoms with E-state index in [1.54, 1.807) is 0 Å². The standard InChI is InChI=1S/C36H28N2.CH4/c1-5-13-31(14-6-1)37(32-15-7-2-8-16-32)35-25-21-29(22-26-35)30-23-27-36(28-24-30)38(33-17-9-3-10-18-33)34-19-11-4-12-20-34;/h1-28H;1H4. The number of hydrogen-bond donors (Lipinski definition) is 0. The zero-order chi connectivity index (χ0) is 25.6. The maximum absolute atomic E-state index is 2.28. The highest BCUT2D eigenvalue weighted by atomic mass is 15.1. The average molecular weight is 505 g/mol. The molecule has 0 N–H and O–H groups in total. The Bertz CT molecular complexity index is 1360. The van der Waals surface area contributed by atoms with E-state index >= 15 is 0 Å². The average Bonchev–Trinajstić information content (AvgIpc) is 3.00. The molecule has 0 aliphatic heterocycles. The summed E-state index contributed by atoms with van der Waals surface area (Å²) in [6, 6.07) is 59.6. The van der Waals surface area contributed by atoms with Crippen molar-refractivity contribution in [1.29, 1.82) is 0 Å². The molecule has 0 aliphatic rings. The quantitative estimate of drug-likeness (QED) is 0.213. The highest BCUT2D eigenvalue weighted by Gasteiger charge is 2.13. The second-order valence-corrected chi connectivity index (χ2v) is 9.11. The SMILES string of the molecule is C.c1ccc(N(c2ccccc2)c2ccc(-c3ccc(N(c4ccccc4)c4ccccc4)cc3)cc2)cc1.